The van der Waals surface area contributed by atoms with Gasteiger partial charge in [0.05, 0.1) is 10.6 Å². The van der Waals surface area contributed by atoms with Crippen LogP contribution < -0.4 is 5.32 Å². The average molecular weight is 233 g/mol. The van der Waals surface area contributed by atoms with Crippen LogP contribution in [-0.2, 0) is 6.42 Å². The Balaban J connectivity index is 1.88. The van der Waals surface area contributed by atoms with Crippen molar-refractivity contribution in [1.82, 2.24) is 9.97 Å². The zero-order valence-electron chi connectivity index (χ0n) is 9.36. The van der Waals surface area contributed by atoms with Crippen molar-refractivity contribution in [2.24, 2.45) is 0 Å². The Bertz CT molecular complexity index is 438. The molecule has 1 N–H and O–H groups in total. The Hall–Kier alpha value is -1.03. The van der Waals surface area contributed by atoms with Crippen LogP contribution in [0.3, 0.4) is 0 Å². The molecule has 0 aromatic carbocycles. The summed E-state index contributed by atoms with van der Waals surface area (Å²) in [5.41, 5.74) is 2.65. The molecule has 3 nitrogen and oxygen atoms in total. The Labute approximate surface area is 99.8 Å². The van der Waals surface area contributed by atoms with Crippen LogP contribution in [0.1, 0.15) is 31.9 Å². The lowest BCUT2D eigenvalue weighted by atomic mass is 10.1. The molecule has 0 saturated heterocycles. The van der Waals surface area contributed by atoms with Crippen LogP contribution in [0.15, 0.2) is 22.2 Å². The number of nitrogens with one attached hydrogen (secondary N) is 1. The first-order valence-corrected chi connectivity index (χ1v) is 6.69. The van der Waals surface area contributed by atoms with E-state index in [4.69, 9.17) is 0 Å². The van der Waals surface area contributed by atoms with Gasteiger partial charge < -0.3 is 5.32 Å². The molecule has 1 aliphatic carbocycles. The Morgan fingerprint density at radius 1 is 1.44 bits per heavy atom. The van der Waals surface area contributed by atoms with Gasteiger partial charge in [-0.3, -0.25) is 0 Å². The Morgan fingerprint density at radius 3 is 3.06 bits per heavy atom. The molecule has 2 heterocycles. The van der Waals surface area contributed by atoms with Gasteiger partial charge in [-0.05, 0) is 24.7 Å². The molecule has 0 bridgehead atoms. The minimum absolute atomic E-state index is 0.649. The van der Waals surface area contributed by atoms with Crippen molar-refractivity contribution in [3.05, 3.63) is 23.0 Å². The predicted molar refractivity (Wildman–Crippen MR) is 66.6 cm³/mol. The summed E-state index contributed by atoms with van der Waals surface area (Å²) in [5.74, 6) is 1.03. The molecule has 0 unspecified atom stereocenters. The van der Waals surface area contributed by atoms with E-state index in [0.29, 0.717) is 6.04 Å². The maximum atomic E-state index is 4.39. The fourth-order valence-electron chi connectivity index (χ4n) is 1.79. The second-order valence-electron chi connectivity index (χ2n) is 4.34. The second-order valence-corrected chi connectivity index (χ2v) is 5.22. The minimum Gasteiger partial charge on any atom is -0.366 e. The van der Waals surface area contributed by atoms with E-state index in [0.717, 1.165) is 18.7 Å². The summed E-state index contributed by atoms with van der Waals surface area (Å²) in [5, 5.41) is 5.73. The number of hydrogen-bond donors (Lipinski definition) is 1. The number of allylic oxidation sites excluding steroid dienone is 1. The average Bonchev–Trinajstić information content (AvgIpc) is 3.13. The van der Waals surface area contributed by atoms with Gasteiger partial charge in [0, 0.05) is 12.5 Å². The van der Waals surface area contributed by atoms with Crippen LogP contribution in [0.5, 0.6) is 0 Å². The van der Waals surface area contributed by atoms with Gasteiger partial charge in [-0.15, -0.1) is 0 Å². The number of hydrogen-bond acceptors (Lipinski definition) is 4. The third-order valence-electron chi connectivity index (χ3n) is 2.99. The summed E-state index contributed by atoms with van der Waals surface area (Å²) in [6.45, 7) is 2.20. The highest BCUT2D eigenvalue weighted by Gasteiger charge is 2.24. The molecular formula is C12H15N3S. The highest BCUT2D eigenvalue weighted by atomic mass is 32.2. The topological polar surface area (TPSA) is 37.8 Å². The second kappa shape index (κ2) is 4.09. The number of rotatable bonds is 3. The Morgan fingerprint density at radius 2 is 2.31 bits per heavy atom. The van der Waals surface area contributed by atoms with E-state index >= 15 is 0 Å². The van der Waals surface area contributed by atoms with E-state index in [1.54, 1.807) is 18.1 Å². The van der Waals surface area contributed by atoms with Crippen molar-refractivity contribution in [2.45, 2.75) is 43.5 Å². The molecule has 16 heavy (non-hydrogen) atoms. The van der Waals surface area contributed by atoms with Crippen LogP contribution in [0.2, 0.25) is 0 Å². The smallest absolute Gasteiger partial charge is 0.143 e. The van der Waals surface area contributed by atoms with Crippen LogP contribution >= 0.6 is 11.8 Å². The molecule has 0 spiro atoms. The van der Waals surface area contributed by atoms with E-state index in [9.17, 15) is 0 Å². The summed E-state index contributed by atoms with van der Waals surface area (Å²) in [6, 6.07) is 0.649. The third-order valence-corrected chi connectivity index (χ3v) is 4.10. The lowest BCUT2D eigenvalue weighted by Crippen LogP contribution is -2.09. The monoisotopic (exact) mass is 233 g/mol. The quantitative estimate of drug-likeness (QED) is 0.871. The lowest BCUT2D eigenvalue weighted by Gasteiger charge is -2.17. The molecule has 1 fully saturated rings. The van der Waals surface area contributed by atoms with Gasteiger partial charge in [0.1, 0.15) is 12.1 Å². The van der Waals surface area contributed by atoms with Crippen molar-refractivity contribution >= 4 is 17.6 Å². The van der Waals surface area contributed by atoms with E-state index in [1.165, 1.54) is 29.0 Å². The van der Waals surface area contributed by atoms with E-state index in [2.05, 4.69) is 27.6 Å². The largest absolute Gasteiger partial charge is 0.366 e. The summed E-state index contributed by atoms with van der Waals surface area (Å²) < 4.78 is 0. The van der Waals surface area contributed by atoms with Crippen molar-refractivity contribution in [2.75, 3.05) is 5.32 Å². The predicted octanol–water partition coefficient (Wildman–Crippen LogP) is 2.99. The van der Waals surface area contributed by atoms with Crippen molar-refractivity contribution < 1.29 is 0 Å². The normalized spacial score (nSPS) is 18.9. The first-order chi connectivity index (χ1) is 7.86. The molecule has 0 atom stereocenters. The standard InChI is InChI=1S/C12H15N3S/c1-2-8-5-10-11(16-6-8)12(14-7-13-10)15-9-3-4-9/h6-7,9H,2-5H2,1H3,(H,13,14,15). The molecule has 1 aromatic heterocycles. The number of aromatic nitrogens is 2. The molecule has 3 rings (SSSR count). The summed E-state index contributed by atoms with van der Waals surface area (Å²) in [7, 11) is 0. The van der Waals surface area contributed by atoms with Gasteiger partial charge in [0.25, 0.3) is 0 Å². The first kappa shape index (κ1) is 10.1. The van der Waals surface area contributed by atoms with Crippen molar-refractivity contribution in [1.29, 1.82) is 0 Å². The van der Waals surface area contributed by atoms with E-state index in [-0.39, 0.29) is 0 Å². The molecular weight excluding hydrogens is 218 g/mol. The molecule has 0 amide bonds. The highest BCUT2D eigenvalue weighted by molar-refractivity contribution is 8.02. The molecule has 1 saturated carbocycles. The van der Waals surface area contributed by atoms with Crippen LogP contribution in [0.25, 0.3) is 0 Å². The maximum absolute atomic E-state index is 4.39. The van der Waals surface area contributed by atoms with Crippen molar-refractivity contribution in [3.63, 3.8) is 0 Å². The zero-order valence-corrected chi connectivity index (χ0v) is 10.2. The minimum atomic E-state index is 0.649. The highest BCUT2D eigenvalue weighted by Crippen LogP contribution is 2.37. The summed E-state index contributed by atoms with van der Waals surface area (Å²) in [4.78, 5) is 9.97. The molecule has 84 valence electrons. The molecule has 0 radical (unpaired) electrons. The summed E-state index contributed by atoms with van der Waals surface area (Å²) in [6.07, 6.45) is 6.34. The molecule has 4 heteroatoms. The van der Waals surface area contributed by atoms with Gasteiger partial charge in [-0.25, -0.2) is 9.97 Å². The van der Waals surface area contributed by atoms with E-state index in [1.807, 2.05) is 0 Å². The zero-order chi connectivity index (χ0) is 11.0. The fourth-order valence-corrected chi connectivity index (χ4v) is 2.81. The Kier molecular flexibility index (Phi) is 2.59. The maximum Gasteiger partial charge on any atom is 0.143 e. The van der Waals surface area contributed by atoms with E-state index < -0.39 is 0 Å². The van der Waals surface area contributed by atoms with Gasteiger partial charge in [0.15, 0.2) is 0 Å². The molecule has 2 aliphatic rings. The van der Waals surface area contributed by atoms with Crippen LogP contribution in [0.4, 0.5) is 5.82 Å². The van der Waals surface area contributed by atoms with Crippen LogP contribution in [0, 0.1) is 0 Å². The SMILES string of the molecule is CCC1=CSc2c(ncnc2NC2CC2)C1. The number of nitrogens with zero attached hydrogens (tertiary/aromatic N) is 2. The molecule has 1 aromatic rings. The summed E-state index contributed by atoms with van der Waals surface area (Å²) >= 11 is 1.77. The van der Waals surface area contributed by atoms with Gasteiger partial charge in [-0.1, -0.05) is 24.3 Å². The third kappa shape index (κ3) is 1.94. The lowest BCUT2D eigenvalue weighted by molar-refractivity contribution is 0.901. The van der Waals surface area contributed by atoms with Gasteiger partial charge in [0.2, 0.25) is 0 Å². The number of fused-ring (bicyclic) bond motifs is 1. The van der Waals surface area contributed by atoms with Crippen molar-refractivity contribution in [3.8, 4) is 0 Å². The fraction of sp³-hybridized carbons (Fsp3) is 0.500. The first-order valence-electron chi connectivity index (χ1n) is 5.82. The van der Waals surface area contributed by atoms with Gasteiger partial charge in [-0.2, -0.15) is 0 Å². The number of thioether (sulfide) groups is 1. The van der Waals surface area contributed by atoms with Gasteiger partial charge >= 0.3 is 0 Å². The molecule has 1 aliphatic heterocycles. The number of anilines is 1. The van der Waals surface area contributed by atoms with Crippen LogP contribution in [-0.4, -0.2) is 16.0 Å².